The molecule has 2 aromatic carbocycles. The molecule has 2 aromatic rings. The van der Waals surface area contributed by atoms with E-state index in [1.807, 2.05) is 42.5 Å². The molecule has 6 nitrogen and oxygen atoms in total. The van der Waals surface area contributed by atoms with E-state index >= 15 is 0 Å². The molecule has 1 heterocycles. The Morgan fingerprint density at radius 3 is 2.77 bits per heavy atom. The maximum absolute atomic E-state index is 12.8. The number of aromatic hydroxyl groups is 1. The van der Waals surface area contributed by atoms with Gasteiger partial charge in [-0.15, -0.1) is 0 Å². The first-order valence-corrected chi connectivity index (χ1v) is 10.7. The van der Waals surface area contributed by atoms with Crippen molar-refractivity contribution in [3.8, 4) is 11.5 Å². The lowest BCUT2D eigenvalue weighted by atomic mass is 9.66. The Morgan fingerprint density at radius 2 is 2.00 bits per heavy atom. The molecule has 0 aromatic heterocycles. The van der Waals surface area contributed by atoms with Gasteiger partial charge >= 0.3 is 0 Å². The fourth-order valence-corrected chi connectivity index (χ4v) is 5.15. The minimum atomic E-state index is -0.708. The van der Waals surface area contributed by atoms with Crippen molar-refractivity contribution in [2.75, 3.05) is 25.5 Å². The Hall–Kier alpha value is -2.57. The first kappa shape index (κ1) is 20.7. The third kappa shape index (κ3) is 4.16. The molecule has 2 aliphatic rings. The number of para-hydroxylation sites is 1. The van der Waals surface area contributed by atoms with E-state index in [2.05, 4.69) is 10.2 Å². The fraction of sp³-hybridized carbons (Fsp3) is 0.458. The Labute approximate surface area is 177 Å². The minimum Gasteiger partial charge on any atom is -0.504 e. The summed E-state index contributed by atoms with van der Waals surface area (Å²) >= 11 is 0. The van der Waals surface area contributed by atoms with Crippen LogP contribution in [0.1, 0.15) is 43.7 Å². The van der Waals surface area contributed by atoms with Crippen LogP contribution in [0.3, 0.4) is 0 Å². The molecule has 160 valence electrons. The number of piperidine rings is 1. The third-order valence-electron chi connectivity index (χ3n) is 6.62. The van der Waals surface area contributed by atoms with Crippen molar-refractivity contribution in [2.24, 2.45) is 5.92 Å². The summed E-state index contributed by atoms with van der Waals surface area (Å²) in [5, 5.41) is 24.4. The summed E-state index contributed by atoms with van der Waals surface area (Å²) in [5.41, 5.74) is 1.03. The van der Waals surface area contributed by atoms with E-state index in [0.29, 0.717) is 18.7 Å². The van der Waals surface area contributed by atoms with Crippen molar-refractivity contribution in [3.05, 3.63) is 54.1 Å². The number of carbonyl (C=O) groups excluding carboxylic acids is 1. The second-order valence-electron chi connectivity index (χ2n) is 8.47. The lowest BCUT2D eigenvalue weighted by Crippen LogP contribution is -2.56. The lowest BCUT2D eigenvalue weighted by Gasteiger charge is -2.52. The van der Waals surface area contributed by atoms with Gasteiger partial charge in [0.1, 0.15) is 0 Å². The molecular formula is C24H30N2O4. The molecule has 1 saturated carbocycles. The largest absolute Gasteiger partial charge is 0.504 e. The van der Waals surface area contributed by atoms with Crippen LogP contribution in [0, 0.1) is 5.92 Å². The highest BCUT2D eigenvalue weighted by Gasteiger charge is 2.49. The summed E-state index contributed by atoms with van der Waals surface area (Å²) < 4.78 is 5.32. The van der Waals surface area contributed by atoms with Crippen molar-refractivity contribution in [1.82, 2.24) is 4.90 Å². The van der Waals surface area contributed by atoms with Crippen LogP contribution < -0.4 is 10.1 Å². The SMILES string of the molecule is COc1cc([C@H]2[C@H]3CCCC[C@@]3(O)CCN2CC(=O)Nc2ccccc2)ccc1O. The van der Waals surface area contributed by atoms with Gasteiger partial charge in [-0.05, 0) is 49.1 Å². The number of aliphatic hydroxyl groups is 1. The summed E-state index contributed by atoms with van der Waals surface area (Å²) in [6.07, 6.45) is 4.49. The van der Waals surface area contributed by atoms with Gasteiger partial charge in [-0.2, -0.15) is 0 Å². The number of phenolic OH excluding ortho intramolecular Hbond substituents is 1. The van der Waals surface area contributed by atoms with E-state index in [9.17, 15) is 15.0 Å². The number of amides is 1. The summed E-state index contributed by atoms with van der Waals surface area (Å²) in [6.45, 7) is 0.887. The number of ether oxygens (including phenoxy) is 1. The summed E-state index contributed by atoms with van der Waals surface area (Å²) in [7, 11) is 1.53. The number of phenols is 1. The van der Waals surface area contributed by atoms with Crippen LogP contribution in [0.5, 0.6) is 11.5 Å². The number of anilines is 1. The molecule has 3 N–H and O–H groups in total. The Balaban J connectivity index is 1.62. The molecule has 1 amide bonds. The smallest absolute Gasteiger partial charge is 0.238 e. The van der Waals surface area contributed by atoms with Gasteiger partial charge in [0.25, 0.3) is 0 Å². The average Bonchev–Trinajstić information content (AvgIpc) is 2.75. The molecule has 0 spiro atoms. The Bertz CT molecular complexity index is 888. The number of likely N-dealkylation sites (tertiary alicyclic amines) is 1. The number of fused-ring (bicyclic) bond motifs is 1. The van der Waals surface area contributed by atoms with Crippen LogP contribution in [-0.4, -0.2) is 46.8 Å². The first-order valence-electron chi connectivity index (χ1n) is 10.7. The number of benzene rings is 2. The van der Waals surface area contributed by atoms with Crippen molar-refractivity contribution in [2.45, 2.75) is 43.7 Å². The van der Waals surface area contributed by atoms with Crippen LogP contribution in [-0.2, 0) is 4.79 Å². The number of rotatable bonds is 5. The second kappa shape index (κ2) is 8.66. The molecule has 1 aliphatic carbocycles. The van der Waals surface area contributed by atoms with Gasteiger partial charge in [0.05, 0.1) is 19.3 Å². The quantitative estimate of drug-likeness (QED) is 0.700. The van der Waals surface area contributed by atoms with Crippen molar-refractivity contribution in [3.63, 3.8) is 0 Å². The molecule has 1 saturated heterocycles. The monoisotopic (exact) mass is 410 g/mol. The number of carbonyl (C=O) groups is 1. The number of hydrogen-bond donors (Lipinski definition) is 3. The molecule has 6 heteroatoms. The molecule has 0 radical (unpaired) electrons. The maximum atomic E-state index is 12.8. The Morgan fingerprint density at radius 1 is 1.20 bits per heavy atom. The van der Waals surface area contributed by atoms with Gasteiger partial charge in [0.2, 0.25) is 5.91 Å². The minimum absolute atomic E-state index is 0.0405. The van der Waals surface area contributed by atoms with E-state index in [1.165, 1.54) is 7.11 Å². The normalized spacial score (nSPS) is 26.6. The third-order valence-corrected chi connectivity index (χ3v) is 6.62. The molecule has 3 atom stereocenters. The van der Waals surface area contributed by atoms with E-state index in [1.54, 1.807) is 6.07 Å². The Kier molecular flexibility index (Phi) is 5.97. The van der Waals surface area contributed by atoms with Crippen molar-refractivity contribution >= 4 is 11.6 Å². The molecule has 2 fully saturated rings. The number of methoxy groups -OCH3 is 1. The van der Waals surface area contributed by atoms with Gasteiger partial charge < -0.3 is 20.3 Å². The number of nitrogens with one attached hydrogen (secondary N) is 1. The predicted molar refractivity (Wildman–Crippen MR) is 116 cm³/mol. The zero-order chi connectivity index (χ0) is 21.1. The van der Waals surface area contributed by atoms with Crippen LogP contribution >= 0.6 is 0 Å². The summed E-state index contributed by atoms with van der Waals surface area (Å²) in [5.74, 6) is 0.465. The van der Waals surface area contributed by atoms with Gasteiger partial charge in [0.15, 0.2) is 11.5 Å². The fourth-order valence-electron chi connectivity index (χ4n) is 5.15. The van der Waals surface area contributed by atoms with Crippen LogP contribution in [0.4, 0.5) is 5.69 Å². The van der Waals surface area contributed by atoms with Crippen LogP contribution in [0.2, 0.25) is 0 Å². The standard InChI is InChI=1S/C24H30N2O4/c1-30-21-15-17(10-11-20(21)27)23-19-9-5-6-12-24(19,29)13-14-26(23)16-22(28)25-18-7-3-2-4-8-18/h2-4,7-8,10-11,15,19,23,27,29H,5-6,9,12-14,16H2,1H3,(H,25,28)/t19-,23+,24-/m1/s1. The lowest BCUT2D eigenvalue weighted by molar-refractivity contribution is -0.135. The van der Waals surface area contributed by atoms with Crippen LogP contribution in [0.25, 0.3) is 0 Å². The first-order chi connectivity index (χ1) is 14.5. The van der Waals surface area contributed by atoms with Gasteiger partial charge in [0, 0.05) is 24.2 Å². The molecule has 30 heavy (non-hydrogen) atoms. The van der Waals surface area contributed by atoms with E-state index in [-0.39, 0.29) is 30.2 Å². The highest BCUT2D eigenvalue weighted by atomic mass is 16.5. The molecular weight excluding hydrogens is 380 g/mol. The van der Waals surface area contributed by atoms with Gasteiger partial charge in [-0.3, -0.25) is 9.69 Å². The topological polar surface area (TPSA) is 82.0 Å². The van der Waals surface area contributed by atoms with E-state index in [4.69, 9.17) is 4.74 Å². The van der Waals surface area contributed by atoms with Crippen LogP contribution in [0.15, 0.2) is 48.5 Å². The predicted octanol–water partition coefficient (Wildman–Crippen LogP) is 3.71. The molecule has 0 bridgehead atoms. The molecule has 1 aliphatic heterocycles. The second-order valence-corrected chi connectivity index (χ2v) is 8.47. The maximum Gasteiger partial charge on any atom is 0.238 e. The average molecular weight is 411 g/mol. The van der Waals surface area contributed by atoms with Gasteiger partial charge in [-0.1, -0.05) is 37.1 Å². The summed E-state index contributed by atoms with van der Waals surface area (Å²) in [6, 6.07) is 14.7. The number of nitrogens with zero attached hydrogens (tertiary/aromatic N) is 1. The molecule has 0 unspecified atom stereocenters. The van der Waals surface area contributed by atoms with Crippen molar-refractivity contribution in [1.29, 1.82) is 0 Å². The highest BCUT2D eigenvalue weighted by Crippen LogP contribution is 2.50. The zero-order valence-corrected chi connectivity index (χ0v) is 17.4. The van der Waals surface area contributed by atoms with E-state index < -0.39 is 5.60 Å². The highest BCUT2D eigenvalue weighted by molar-refractivity contribution is 5.92. The zero-order valence-electron chi connectivity index (χ0n) is 17.4. The van der Waals surface area contributed by atoms with Crippen molar-refractivity contribution < 1.29 is 19.7 Å². The van der Waals surface area contributed by atoms with E-state index in [0.717, 1.165) is 36.9 Å². The molecule has 4 rings (SSSR count). The summed E-state index contributed by atoms with van der Waals surface area (Å²) in [4.78, 5) is 15.0. The van der Waals surface area contributed by atoms with Gasteiger partial charge in [-0.25, -0.2) is 0 Å². The number of hydrogen-bond acceptors (Lipinski definition) is 5.